The van der Waals surface area contributed by atoms with Gasteiger partial charge in [0.25, 0.3) is 0 Å². The van der Waals surface area contributed by atoms with Gasteiger partial charge in [-0.2, -0.15) is 0 Å². The van der Waals surface area contributed by atoms with Crippen molar-refractivity contribution in [2.75, 3.05) is 10.6 Å². The molecule has 3 heteroatoms. The Balaban J connectivity index is 1.66. The van der Waals surface area contributed by atoms with Crippen LogP contribution in [0.25, 0.3) is 0 Å². The lowest BCUT2D eigenvalue weighted by Crippen LogP contribution is -2.19. The van der Waals surface area contributed by atoms with Crippen molar-refractivity contribution in [2.45, 2.75) is 32.1 Å². The number of anilines is 2. The summed E-state index contributed by atoms with van der Waals surface area (Å²) in [5.74, 6) is 0.709. The highest BCUT2D eigenvalue weighted by Crippen LogP contribution is 2.43. The molecule has 108 valence electrons. The first-order chi connectivity index (χ1) is 10.3. The molecule has 0 aliphatic heterocycles. The lowest BCUT2D eigenvalue weighted by Gasteiger charge is -2.14. The third-order valence-corrected chi connectivity index (χ3v) is 4.05. The molecule has 1 fully saturated rings. The van der Waals surface area contributed by atoms with E-state index in [9.17, 15) is 0 Å². The van der Waals surface area contributed by atoms with Gasteiger partial charge in [0, 0.05) is 11.4 Å². The van der Waals surface area contributed by atoms with E-state index in [1.807, 2.05) is 6.07 Å². The minimum absolute atomic E-state index is 0.646. The van der Waals surface area contributed by atoms with Crippen LogP contribution in [-0.4, -0.2) is 5.11 Å². The van der Waals surface area contributed by atoms with E-state index in [4.69, 9.17) is 12.2 Å². The van der Waals surface area contributed by atoms with Crippen LogP contribution in [0.2, 0.25) is 0 Å². The van der Waals surface area contributed by atoms with Crippen molar-refractivity contribution in [1.29, 1.82) is 0 Å². The molecule has 2 aromatic carbocycles. The molecule has 1 aliphatic carbocycles. The van der Waals surface area contributed by atoms with Gasteiger partial charge in [-0.15, -0.1) is 0 Å². The molecule has 0 atom stereocenters. The highest BCUT2D eigenvalue weighted by atomic mass is 32.1. The molecule has 1 aliphatic rings. The highest BCUT2D eigenvalue weighted by molar-refractivity contribution is 7.80. The van der Waals surface area contributed by atoms with Crippen LogP contribution in [0, 0.1) is 0 Å². The summed E-state index contributed by atoms with van der Waals surface area (Å²) in [7, 11) is 0. The first-order valence-electron chi connectivity index (χ1n) is 7.52. The zero-order valence-corrected chi connectivity index (χ0v) is 13.0. The number of nitrogens with one attached hydrogen (secondary N) is 2. The smallest absolute Gasteiger partial charge is 0.175 e. The van der Waals surface area contributed by atoms with Crippen LogP contribution < -0.4 is 10.6 Å². The molecule has 0 amide bonds. The van der Waals surface area contributed by atoms with Crippen molar-refractivity contribution in [3.8, 4) is 0 Å². The van der Waals surface area contributed by atoms with Gasteiger partial charge in [-0.3, -0.25) is 0 Å². The van der Waals surface area contributed by atoms with Crippen molar-refractivity contribution in [1.82, 2.24) is 0 Å². The van der Waals surface area contributed by atoms with E-state index in [2.05, 4.69) is 60.0 Å². The Morgan fingerprint density at radius 1 is 1.05 bits per heavy atom. The van der Waals surface area contributed by atoms with Crippen LogP contribution in [-0.2, 0) is 6.42 Å². The molecule has 0 unspecified atom stereocenters. The van der Waals surface area contributed by atoms with Gasteiger partial charge in [0.2, 0.25) is 0 Å². The Morgan fingerprint density at radius 2 is 1.76 bits per heavy atom. The van der Waals surface area contributed by atoms with E-state index in [1.165, 1.54) is 24.0 Å². The number of benzene rings is 2. The molecule has 1 saturated carbocycles. The second kappa shape index (κ2) is 6.27. The third kappa shape index (κ3) is 3.61. The van der Waals surface area contributed by atoms with Crippen molar-refractivity contribution >= 4 is 28.7 Å². The van der Waals surface area contributed by atoms with Gasteiger partial charge in [-0.05, 0) is 66.7 Å². The molecule has 21 heavy (non-hydrogen) atoms. The van der Waals surface area contributed by atoms with Crippen LogP contribution in [0.15, 0.2) is 48.5 Å². The molecule has 0 bridgehead atoms. The quantitative estimate of drug-likeness (QED) is 0.782. The second-order valence-corrected chi connectivity index (χ2v) is 5.90. The van der Waals surface area contributed by atoms with E-state index >= 15 is 0 Å². The maximum Gasteiger partial charge on any atom is 0.175 e. The molecule has 0 radical (unpaired) electrons. The average Bonchev–Trinajstić information content (AvgIpc) is 3.33. The minimum Gasteiger partial charge on any atom is -0.332 e. The van der Waals surface area contributed by atoms with Crippen LogP contribution in [0.5, 0.6) is 0 Å². The first kappa shape index (κ1) is 14.1. The molecular formula is C18H20N2S. The molecule has 2 aromatic rings. The number of hydrogen-bond acceptors (Lipinski definition) is 1. The van der Waals surface area contributed by atoms with Crippen molar-refractivity contribution in [3.05, 3.63) is 59.7 Å². The fraction of sp³-hybridized carbons (Fsp3) is 0.278. The number of aryl methyl sites for hydroxylation is 1. The third-order valence-electron chi connectivity index (χ3n) is 3.85. The van der Waals surface area contributed by atoms with Crippen LogP contribution in [0.4, 0.5) is 11.4 Å². The van der Waals surface area contributed by atoms with E-state index in [1.54, 1.807) is 0 Å². The number of para-hydroxylation sites is 1. The zero-order valence-electron chi connectivity index (χ0n) is 12.2. The number of hydrogen-bond donors (Lipinski definition) is 2. The maximum absolute atomic E-state index is 5.42. The van der Waals surface area contributed by atoms with Gasteiger partial charge in [-0.25, -0.2) is 0 Å². The van der Waals surface area contributed by atoms with Crippen LogP contribution in [0.1, 0.15) is 36.8 Å². The lowest BCUT2D eigenvalue weighted by molar-refractivity contribution is 1.13. The van der Waals surface area contributed by atoms with Gasteiger partial charge < -0.3 is 10.6 Å². The predicted octanol–water partition coefficient (Wildman–Crippen LogP) is 4.94. The fourth-order valence-electron chi connectivity index (χ4n) is 2.47. The second-order valence-electron chi connectivity index (χ2n) is 5.49. The summed E-state index contributed by atoms with van der Waals surface area (Å²) < 4.78 is 0. The summed E-state index contributed by atoms with van der Waals surface area (Å²) in [6, 6.07) is 16.8. The van der Waals surface area contributed by atoms with E-state index in [0.29, 0.717) is 11.0 Å². The monoisotopic (exact) mass is 296 g/mol. The van der Waals surface area contributed by atoms with E-state index < -0.39 is 0 Å². The van der Waals surface area contributed by atoms with Gasteiger partial charge in [0.05, 0.1) is 0 Å². The molecule has 0 heterocycles. The Labute approximate surface area is 131 Å². The van der Waals surface area contributed by atoms with Gasteiger partial charge in [0.15, 0.2) is 5.11 Å². The van der Waals surface area contributed by atoms with Gasteiger partial charge in [0.1, 0.15) is 0 Å². The van der Waals surface area contributed by atoms with E-state index in [0.717, 1.165) is 17.8 Å². The SMILES string of the molecule is CCc1ccc(NC(=S)Nc2ccccc2C2CC2)cc1. The normalized spacial score (nSPS) is 13.8. The standard InChI is InChI=1S/C18H20N2S/c1-2-13-7-11-15(12-8-13)19-18(21)20-17-6-4-3-5-16(17)14-9-10-14/h3-8,11-12,14H,2,9-10H2,1H3,(H2,19,20,21). The van der Waals surface area contributed by atoms with E-state index in [-0.39, 0.29) is 0 Å². The Morgan fingerprint density at radius 3 is 2.43 bits per heavy atom. The molecule has 0 saturated heterocycles. The predicted molar refractivity (Wildman–Crippen MR) is 94.1 cm³/mol. The van der Waals surface area contributed by atoms with Crippen LogP contribution in [0.3, 0.4) is 0 Å². The Kier molecular flexibility index (Phi) is 4.20. The minimum atomic E-state index is 0.646. The molecule has 2 N–H and O–H groups in total. The average molecular weight is 296 g/mol. The number of thiocarbonyl (C=S) groups is 1. The highest BCUT2D eigenvalue weighted by Gasteiger charge is 2.25. The van der Waals surface area contributed by atoms with Crippen molar-refractivity contribution < 1.29 is 0 Å². The van der Waals surface area contributed by atoms with Gasteiger partial charge >= 0.3 is 0 Å². The summed E-state index contributed by atoms with van der Waals surface area (Å²) in [4.78, 5) is 0. The number of rotatable bonds is 4. The topological polar surface area (TPSA) is 24.1 Å². The summed E-state index contributed by atoms with van der Waals surface area (Å²) in [5.41, 5.74) is 4.86. The van der Waals surface area contributed by atoms with Gasteiger partial charge in [-0.1, -0.05) is 37.3 Å². The summed E-state index contributed by atoms with van der Waals surface area (Å²) >= 11 is 5.42. The Hall–Kier alpha value is -1.87. The molecular weight excluding hydrogens is 276 g/mol. The van der Waals surface area contributed by atoms with Crippen molar-refractivity contribution in [2.24, 2.45) is 0 Å². The molecule has 2 nitrogen and oxygen atoms in total. The van der Waals surface area contributed by atoms with Crippen molar-refractivity contribution in [3.63, 3.8) is 0 Å². The zero-order chi connectivity index (χ0) is 14.7. The Bertz CT molecular complexity index is 630. The lowest BCUT2D eigenvalue weighted by atomic mass is 10.1. The summed E-state index contributed by atoms with van der Waals surface area (Å²) in [6.07, 6.45) is 3.63. The summed E-state index contributed by atoms with van der Waals surface area (Å²) in [5, 5.41) is 7.22. The maximum atomic E-state index is 5.42. The largest absolute Gasteiger partial charge is 0.332 e. The molecule has 0 spiro atoms. The fourth-order valence-corrected chi connectivity index (χ4v) is 2.70. The van der Waals surface area contributed by atoms with Crippen LogP contribution >= 0.6 is 12.2 Å². The summed E-state index contributed by atoms with van der Waals surface area (Å²) in [6.45, 7) is 2.16. The molecule has 3 rings (SSSR count). The molecule has 0 aromatic heterocycles. The first-order valence-corrected chi connectivity index (χ1v) is 7.93.